The highest BCUT2D eigenvalue weighted by molar-refractivity contribution is 5.92. The third-order valence-corrected chi connectivity index (χ3v) is 5.13. The number of hydrogen-bond acceptors (Lipinski definition) is 7. The van der Waals surface area contributed by atoms with Crippen molar-refractivity contribution >= 4 is 17.3 Å². The third-order valence-electron chi connectivity index (χ3n) is 5.13. The summed E-state index contributed by atoms with van der Waals surface area (Å²) in [5.74, 6) is -0.523. The number of nitrogens with zero attached hydrogens (tertiary/aromatic N) is 5. The van der Waals surface area contributed by atoms with Gasteiger partial charge in [0, 0.05) is 18.4 Å². The van der Waals surface area contributed by atoms with Crippen molar-refractivity contribution in [2.45, 2.75) is 18.0 Å². The number of alkyl halides is 3. The Morgan fingerprint density at radius 1 is 1.25 bits per heavy atom. The van der Waals surface area contributed by atoms with Gasteiger partial charge in [0.25, 0.3) is 11.8 Å². The number of likely N-dealkylation sites (tertiary alicyclic amines) is 1. The molecule has 0 bridgehead atoms. The van der Waals surface area contributed by atoms with Crippen LogP contribution in [-0.4, -0.2) is 32.5 Å². The van der Waals surface area contributed by atoms with Gasteiger partial charge < -0.3 is 9.73 Å². The second-order valence-electron chi connectivity index (χ2n) is 6.99. The first kappa shape index (κ1) is 21.0. The number of anilines is 2. The number of pyridine rings is 1. The highest BCUT2D eigenvalue weighted by Gasteiger charge is 2.50. The largest absolute Gasteiger partial charge is 0.418 e. The summed E-state index contributed by atoms with van der Waals surface area (Å²) in [5.41, 5.74) is -1.03. The van der Waals surface area contributed by atoms with Crippen LogP contribution in [0.2, 0.25) is 0 Å². The van der Waals surface area contributed by atoms with Crippen molar-refractivity contribution < 1.29 is 22.4 Å². The van der Waals surface area contributed by atoms with E-state index < -0.39 is 23.1 Å². The fourth-order valence-electron chi connectivity index (χ4n) is 3.38. The van der Waals surface area contributed by atoms with Crippen LogP contribution in [0.4, 0.5) is 24.5 Å². The maximum atomic E-state index is 12.8. The van der Waals surface area contributed by atoms with Crippen molar-refractivity contribution in [3.8, 4) is 17.8 Å². The number of carbonyl (C=O) groups is 1. The molecule has 1 saturated heterocycles. The molecule has 4 rings (SSSR count). The standard InChI is InChI=1S/C21H15F3N6O2/c1-2-20(9-11-30(12-25)19(20)31)18-29-28-17(32-18)16-15(4-3-10-26-16)27-14-7-5-13(6-8-14)21(22,23)24/h2-8,10,27H,1,9,11H2/t20-/m0/s1. The second-order valence-corrected chi connectivity index (χ2v) is 6.99. The molecular formula is C21H15F3N6O2. The van der Waals surface area contributed by atoms with Gasteiger partial charge in [-0.2, -0.15) is 18.4 Å². The number of nitrogens with one attached hydrogen (secondary N) is 1. The number of amides is 1. The van der Waals surface area contributed by atoms with E-state index >= 15 is 0 Å². The summed E-state index contributed by atoms with van der Waals surface area (Å²) in [6, 6.07) is 7.78. The number of hydrogen-bond donors (Lipinski definition) is 1. The fraction of sp³-hybridized carbons (Fsp3) is 0.190. The van der Waals surface area contributed by atoms with Crippen LogP contribution in [0, 0.1) is 11.5 Å². The van der Waals surface area contributed by atoms with Crippen LogP contribution in [0.3, 0.4) is 0 Å². The van der Waals surface area contributed by atoms with Crippen LogP contribution < -0.4 is 5.32 Å². The number of rotatable bonds is 5. The number of nitriles is 1. The van der Waals surface area contributed by atoms with Gasteiger partial charge in [-0.3, -0.25) is 4.79 Å². The summed E-state index contributed by atoms with van der Waals surface area (Å²) < 4.78 is 44.1. The molecule has 1 N–H and O–H groups in total. The normalized spacial score (nSPS) is 18.4. The molecule has 1 aromatic carbocycles. The zero-order valence-corrected chi connectivity index (χ0v) is 16.4. The van der Waals surface area contributed by atoms with E-state index in [4.69, 9.17) is 9.68 Å². The van der Waals surface area contributed by atoms with E-state index in [0.29, 0.717) is 11.4 Å². The van der Waals surface area contributed by atoms with Crippen LogP contribution in [0.15, 0.2) is 59.7 Å². The van der Waals surface area contributed by atoms with Crippen molar-refractivity contribution in [2.75, 3.05) is 11.9 Å². The molecule has 0 aliphatic carbocycles. The Hall–Kier alpha value is -4.20. The molecule has 0 radical (unpaired) electrons. The van der Waals surface area contributed by atoms with E-state index in [1.54, 1.807) is 12.1 Å². The highest BCUT2D eigenvalue weighted by atomic mass is 19.4. The minimum Gasteiger partial charge on any atom is -0.418 e. The summed E-state index contributed by atoms with van der Waals surface area (Å²) in [7, 11) is 0. The molecule has 1 amide bonds. The molecule has 1 fully saturated rings. The van der Waals surface area contributed by atoms with Gasteiger partial charge in [-0.1, -0.05) is 6.08 Å². The SMILES string of the molecule is C=C[C@@]1(c2nnc(-c3ncccc3Nc3ccc(C(F)(F)F)cc3)o2)CCN(C#N)C1=O. The van der Waals surface area contributed by atoms with E-state index in [9.17, 15) is 18.0 Å². The van der Waals surface area contributed by atoms with E-state index in [-0.39, 0.29) is 30.4 Å². The van der Waals surface area contributed by atoms with Crippen LogP contribution in [0.5, 0.6) is 0 Å². The topological polar surface area (TPSA) is 108 Å². The van der Waals surface area contributed by atoms with E-state index in [0.717, 1.165) is 17.0 Å². The first-order valence-corrected chi connectivity index (χ1v) is 9.37. The second kappa shape index (κ2) is 7.81. The molecule has 32 heavy (non-hydrogen) atoms. The van der Waals surface area contributed by atoms with Gasteiger partial charge in [0.05, 0.1) is 11.3 Å². The first-order valence-electron chi connectivity index (χ1n) is 9.37. The first-order chi connectivity index (χ1) is 15.3. The predicted molar refractivity (Wildman–Crippen MR) is 106 cm³/mol. The Balaban J connectivity index is 1.64. The lowest BCUT2D eigenvalue weighted by Gasteiger charge is -2.17. The lowest BCUT2D eigenvalue weighted by Crippen LogP contribution is -2.34. The summed E-state index contributed by atoms with van der Waals surface area (Å²) in [6.45, 7) is 3.90. The predicted octanol–water partition coefficient (Wildman–Crippen LogP) is 4.03. The van der Waals surface area contributed by atoms with E-state index in [2.05, 4.69) is 27.1 Å². The Morgan fingerprint density at radius 3 is 2.62 bits per heavy atom. The van der Waals surface area contributed by atoms with Gasteiger partial charge in [-0.05, 0) is 42.8 Å². The van der Waals surface area contributed by atoms with Crippen LogP contribution in [0.1, 0.15) is 17.9 Å². The Morgan fingerprint density at radius 2 is 2.00 bits per heavy atom. The lowest BCUT2D eigenvalue weighted by molar-refractivity contribution is -0.137. The monoisotopic (exact) mass is 440 g/mol. The van der Waals surface area contributed by atoms with Gasteiger partial charge in [0.1, 0.15) is 5.41 Å². The number of halogens is 3. The minimum absolute atomic E-state index is 0.000515. The number of carbonyl (C=O) groups excluding carboxylic acids is 1. The van der Waals surface area contributed by atoms with Crippen molar-refractivity contribution in [3.05, 3.63) is 66.7 Å². The van der Waals surface area contributed by atoms with Crippen molar-refractivity contribution in [3.63, 3.8) is 0 Å². The lowest BCUT2D eigenvalue weighted by atomic mass is 9.86. The molecule has 2 aromatic heterocycles. The average molecular weight is 440 g/mol. The maximum Gasteiger partial charge on any atom is 0.416 e. The molecule has 1 aliphatic rings. The maximum absolute atomic E-state index is 12.8. The smallest absolute Gasteiger partial charge is 0.416 e. The van der Waals surface area contributed by atoms with Gasteiger partial charge in [0.2, 0.25) is 5.89 Å². The Bertz CT molecular complexity index is 1220. The zero-order chi connectivity index (χ0) is 22.9. The molecule has 1 aliphatic heterocycles. The summed E-state index contributed by atoms with van der Waals surface area (Å²) in [5, 5.41) is 20.1. The molecule has 0 saturated carbocycles. The molecule has 0 unspecified atom stereocenters. The van der Waals surface area contributed by atoms with Crippen LogP contribution >= 0.6 is 0 Å². The Kier molecular flexibility index (Phi) is 5.14. The molecule has 8 nitrogen and oxygen atoms in total. The van der Waals surface area contributed by atoms with Crippen molar-refractivity contribution in [1.29, 1.82) is 5.26 Å². The van der Waals surface area contributed by atoms with Gasteiger partial charge in [-0.25, -0.2) is 9.88 Å². The van der Waals surface area contributed by atoms with Crippen LogP contribution in [0.25, 0.3) is 11.6 Å². The average Bonchev–Trinajstić information content (AvgIpc) is 3.39. The van der Waals surface area contributed by atoms with Crippen molar-refractivity contribution in [2.24, 2.45) is 0 Å². The molecule has 3 heterocycles. The van der Waals surface area contributed by atoms with Gasteiger partial charge >= 0.3 is 6.18 Å². The summed E-state index contributed by atoms with van der Waals surface area (Å²) in [6.07, 6.45) is 0.498. The van der Waals surface area contributed by atoms with Gasteiger partial charge in [0.15, 0.2) is 11.9 Å². The fourth-order valence-corrected chi connectivity index (χ4v) is 3.38. The quantitative estimate of drug-likeness (QED) is 0.471. The van der Waals surface area contributed by atoms with Crippen LogP contribution in [-0.2, 0) is 16.4 Å². The number of aromatic nitrogens is 3. The summed E-state index contributed by atoms with van der Waals surface area (Å²) in [4.78, 5) is 17.9. The zero-order valence-electron chi connectivity index (χ0n) is 16.4. The summed E-state index contributed by atoms with van der Waals surface area (Å²) >= 11 is 0. The Labute approximate surface area is 180 Å². The molecule has 1 atom stereocenters. The third kappa shape index (κ3) is 3.56. The van der Waals surface area contributed by atoms with Crippen molar-refractivity contribution in [1.82, 2.24) is 20.1 Å². The highest BCUT2D eigenvalue weighted by Crippen LogP contribution is 2.38. The van der Waals surface area contributed by atoms with E-state index in [1.807, 2.05) is 6.19 Å². The molecule has 162 valence electrons. The molecular weight excluding hydrogens is 425 g/mol. The molecule has 3 aromatic rings. The molecule has 0 spiro atoms. The minimum atomic E-state index is -4.43. The van der Waals surface area contributed by atoms with Gasteiger partial charge in [-0.15, -0.1) is 16.8 Å². The molecule has 11 heteroatoms. The number of benzene rings is 1. The van der Waals surface area contributed by atoms with E-state index in [1.165, 1.54) is 24.4 Å².